The first-order valence-electron chi connectivity index (χ1n) is 25.1. The number of aliphatic hydroxyl groups is 3. The second-order valence-electron chi connectivity index (χ2n) is 17.9. The molecular formula is C48H92O12S. The predicted molar refractivity (Wildman–Crippen MR) is 243 cm³/mol. The Kier molecular flexibility index (Phi) is 36.9. The van der Waals surface area contributed by atoms with E-state index >= 15 is 0 Å². The Morgan fingerprint density at radius 3 is 1.20 bits per heavy atom. The first-order chi connectivity index (χ1) is 29.5. The molecule has 0 radical (unpaired) electrons. The summed E-state index contributed by atoms with van der Waals surface area (Å²) in [5, 5.41) is 30.9. The molecule has 2 unspecified atom stereocenters. The quantitative estimate of drug-likeness (QED) is 0.0258. The molecule has 362 valence electrons. The van der Waals surface area contributed by atoms with Crippen LogP contribution in [-0.4, -0.2) is 96.0 Å². The van der Waals surface area contributed by atoms with Crippen LogP contribution in [0.3, 0.4) is 0 Å². The molecule has 1 heterocycles. The number of hydrogen-bond donors (Lipinski definition) is 4. The molecule has 4 N–H and O–H groups in total. The first-order valence-corrected chi connectivity index (χ1v) is 26.7. The van der Waals surface area contributed by atoms with Gasteiger partial charge >= 0.3 is 11.9 Å². The molecule has 1 saturated heterocycles. The molecule has 0 aromatic heterocycles. The SMILES string of the molecule is CCCCCCCCCCCCCCCCCCCCC(=O)OC[C@H](CO[C@H]1O[C@H](CS(=O)(=O)O)[C@@H](O)C(O)C1O)OC(=O)CCCCCCCCCCCCCCCCC. The molecule has 0 amide bonds. The highest BCUT2D eigenvalue weighted by Gasteiger charge is 2.46. The summed E-state index contributed by atoms with van der Waals surface area (Å²) in [6, 6.07) is 0. The fourth-order valence-electron chi connectivity index (χ4n) is 8.03. The van der Waals surface area contributed by atoms with Crippen LogP contribution in [0.4, 0.5) is 0 Å². The van der Waals surface area contributed by atoms with Gasteiger partial charge in [-0.2, -0.15) is 8.42 Å². The fraction of sp³-hybridized carbons (Fsp3) is 0.958. The Bertz CT molecular complexity index is 1140. The Balaban J connectivity index is 2.37. The normalized spacial score (nSPS) is 19.9. The van der Waals surface area contributed by atoms with Crippen molar-refractivity contribution < 1.29 is 56.8 Å². The molecule has 1 aliphatic rings. The van der Waals surface area contributed by atoms with E-state index in [0.29, 0.717) is 12.8 Å². The fourth-order valence-corrected chi connectivity index (χ4v) is 8.72. The van der Waals surface area contributed by atoms with Crippen LogP contribution in [0.25, 0.3) is 0 Å². The van der Waals surface area contributed by atoms with E-state index in [9.17, 15) is 37.9 Å². The lowest BCUT2D eigenvalue weighted by Crippen LogP contribution is -2.60. The maximum absolute atomic E-state index is 12.8. The minimum absolute atomic E-state index is 0.173. The lowest BCUT2D eigenvalue weighted by atomic mass is 10.00. The number of aliphatic hydroxyl groups excluding tert-OH is 3. The number of hydrogen-bond acceptors (Lipinski definition) is 11. The van der Waals surface area contributed by atoms with Crippen molar-refractivity contribution in [2.75, 3.05) is 19.0 Å². The number of esters is 2. The summed E-state index contributed by atoms with van der Waals surface area (Å²) in [4.78, 5) is 25.5. The van der Waals surface area contributed by atoms with Crippen LogP contribution in [0.2, 0.25) is 0 Å². The molecule has 1 aliphatic heterocycles. The van der Waals surface area contributed by atoms with Gasteiger partial charge < -0.3 is 34.3 Å². The molecule has 13 heteroatoms. The third-order valence-electron chi connectivity index (χ3n) is 11.9. The lowest BCUT2D eigenvalue weighted by Gasteiger charge is -2.40. The van der Waals surface area contributed by atoms with E-state index in [-0.39, 0.29) is 19.4 Å². The van der Waals surface area contributed by atoms with Crippen LogP contribution in [0.1, 0.15) is 239 Å². The Hall–Kier alpha value is -1.35. The summed E-state index contributed by atoms with van der Waals surface area (Å²) < 4.78 is 54.2. The Morgan fingerprint density at radius 1 is 0.492 bits per heavy atom. The van der Waals surface area contributed by atoms with Gasteiger partial charge in [0.05, 0.1) is 6.61 Å². The molecule has 0 aromatic carbocycles. The van der Waals surface area contributed by atoms with Crippen molar-refractivity contribution in [1.82, 2.24) is 0 Å². The van der Waals surface area contributed by atoms with Gasteiger partial charge in [0, 0.05) is 12.8 Å². The van der Waals surface area contributed by atoms with Crippen LogP contribution in [0.15, 0.2) is 0 Å². The number of unbranched alkanes of at least 4 members (excludes halogenated alkanes) is 31. The highest BCUT2D eigenvalue weighted by Crippen LogP contribution is 2.24. The molecule has 6 atom stereocenters. The van der Waals surface area contributed by atoms with Gasteiger partial charge in [-0.15, -0.1) is 0 Å². The van der Waals surface area contributed by atoms with Crippen molar-refractivity contribution in [3.8, 4) is 0 Å². The van der Waals surface area contributed by atoms with Gasteiger partial charge in [-0.25, -0.2) is 0 Å². The zero-order chi connectivity index (χ0) is 44.8. The first kappa shape index (κ1) is 57.7. The summed E-state index contributed by atoms with van der Waals surface area (Å²) in [5.41, 5.74) is 0. The summed E-state index contributed by atoms with van der Waals surface area (Å²) in [6.45, 7) is 3.80. The molecule has 0 aromatic rings. The molecule has 1 rings (SSSR count). The maximum atomic E-state index is 12.8. The van der Waals surface area contributed by atoms with E-state index in [1.165, 1.54) is 161 Å². The molecule has 12 nitrogen and oxygen atoms in total. The topological polar surface area (TPSA) is 186 Å². The average molecular weight is 893 g/mol. The van der Waals surface area contributed by atoms with Crippen LogP contribution < -0.4 is 0 Å². The summed E-state index contributed by atoms with van der Waals surface area (Å²) in [5.74, 6) is -1.96. The lowest BCUT2D eigenvalue weighted by molar-refractivity contribution is -0.297. The molecule has 0 saturated carbocycles. The minimum Gasteiger partial charge on any atom is -0.462 e. The highest BCUT2D eigenvalue weighted by atomic mass is 32.2. The van der Waals surface area contributed by atoms with E-state index in [4.69, 9.17) is 18.9 Å². The van der Waals surface area contributed by atoms with Gasteiger partial charge in [0.25, 0.3) is 10.1 Å². The minimum atomic E-state index is -4.60. The third-order valence-corrected chi connectivity index (χ3v) is 12.7. The van der Waals surface area contributed by atoms with E-state index in [1.54, 1.807) is 0 Å². The van der Waals surface area contributed by atoms with Crippen molar-refractivity contribution in [3.05, 3.63) is 0 Å². The van der Waals surface area contributed by atoms with Crippen molar-refractivity contribution in [3.63, 3.8) is 0 Å². The zero-order valence-electron chi connectivity index (χ0n) is 38.8. The largest absolute Gasteiger partial charge is 0.462 e. The van der Waals surface area contributed by atoms with Gasteiger partial charge in [0.2, 0.25) is 0 Å². The van der Waals surface area contributed by atoms with Crippen molar-refractivity contribution >= 4 is 22.1 Å². The Morgan fingerprint density at radius 2 is 0.836 bits per heavy atom. The van der Waals surface area contributed by atoms with Crippen molar-refractivity contribution in [2.45, 2.75) is 275 Å². The third kappa shape index (κ3) is 33.8. The molecule has 0 spiro atoms. The van der Waals surface area contributed by atoms with E-state index in [0.717, 1.165) is 38.5 Å². The van der Waals surface area contributed by atoms with Crippen LogP contribution in [0, 0.1) is 0 Å². The monoisotopic (exact) mass is 893 g/mol. The second kappa shape index (κ2) is 39.1. The van der Waals surface area contributed by atoms with Gasteiger partial charge in [0.1, 0.15) is 36.8 Å². The summed E-state index contributed by atoms with van der Waals surface area (Å²) in [6.07, 6.45) is 31.4. The molecule has 0 aliphatic carbocycles. The van der Waals surface area contributed by atoms with Crippen molar-refractivity contribution in [1.29, 1.82) is 0 Å². The number of rotatable bonds is 43. The second-order valence-corrected chi connectivity index (χ2v) is 19.3. The highest BCUT2D eigenvalue weighted by molar-refractivity contribution is 7.85. The molecule has 1 fully saturated rings. The van der Waals surface area contributed by atoms with Crippen molar-refractivity contribution in [2.24, 2.45) is 0 Å². The van der Waals surface area contributed by atoms with Gasteiger partial charge in [-0.1, -0.05) is 213 Å². The maximum Gasteiger partial charge on any atom is 0.306 e. The average Bonchev–Trinajstić information content (AvgIpc) is 3.22. The number of carbonyl (C=O) groups is 2. The number of carbonyl (C=O) groups excluding carboxylic acids is 2. The van der Waals surface area contributed by atoms with Gasteiger partial charge in [0.15, 0.2) is 12.4 Å². The summed E-state index contributed by atoms with van der Waals surface area (Å²) in [7, 11) is -4.60. The number of ether oxygens (including phenoxy) is 4. The van der Waals surface area contributed by atoms with Crippen LogP contribution in [-0.2, 0) is 38.7 Å². The van der Waals surface area contributed by atoms with E-state index in [1.807, 2.05) is 0 Å². The standard InChI is InChI=1S/C48H92O12S/c1-3-5-7-9-11-13-15-17-19-20-21-23-24-26-28-30-32-34-36-43(49)57-38-41(39-58-48-47(53)46(52)45(51)42(60-48)40-61(54,55)56)59-44(50)37-35-33-31-29-27-25-22-18-16-14-12-10-8-6-4-2/h41-42,45-48,51-53H,3-40H2,1-2H3,(H,54,55,56)/t41-,42-,45-,46?,47?,48+/m1/s1. The summed E-state index contributed by atoms with van der Waals surface area (Å²) >= 11 is 0. The van der Waals surface area contributed by atoms with Crippen LogP contribution >= 0.6 is 0 Å². The molecule has 61 heavy (non-hydrogen) atoms. The van der Waals surface area contributed by atoms with Gasteiger partial charge in [-0.05, 0) is 12.8 Å². The van der Waals surface area contributed by atoms with Gasteiger partial charge in [-0.3, -0.25) is 14.1 Å². The smallest absolute Gasteiger partial charge is 0.306 e. The predicted octanol–water partition coefficient (Wildman–Crippen LogP) is 10.8. The molecule has 0 bridgehead atoms. The molecular weight excluding hydrogens is 801 g/mol. The van der Waals surface area contributed by atoms with Crippen LogP contribution in [0.5, 0.6) is 0 Å². The van der Waals surface area contributed by atoms with E-state index < -0.39 is 71.2 Å². The van der Waals surface area contributed by atoms with E-state index in [2.05, 4.69) is 13.8 Å². The zero-order valence-corrected chi connectivity index (χ0v) is 39.6. The Labute approximate surface area is 372 Å².